The lowest BCUT2D eigenvalue weighted by Crippen LogP contribution is -2.41. The summed E-state index contributed by atoms with van der Waals surface area (Å²) in [5.74, 6) is 1.47. The van der Waals surface area contributed by atoms with Gasteiger partial charge in [0.05, 0.1) is 12.8 Å². The highest BCUT2D eigenvalue weighted by Crippen LogP contribution is 2.28. The van der Waals surface area contributed by atoms with Gasteiger partial charge >= 0.3 is 0 Å². The molecule has 0 atom stereocenters. The van der Waals surface area contributed by atoms with Crippen LogP contribution in [0.1, 0.15) is 31.4 Å². The van der Waals surface area contributed by atoms with Gasteiger partial charge < -0.3 is 9.64 Å². The molecule has 3 heterocycles. The number of ether oxygens (including phenoxy) is 1. The average molecular weight is 386 g/mol. The third-order valence-electron chi connectivity index (χ3n) is 5.61. The van der Waals surface area contributed by atoms with Gasteiger partial charge in [0.2, 0.25) is 5.91 Å². The molecule has 2 fully saturated rings. The normalized spacial score (nSPS) is 18.8. The Bertz CT molecular complexity index is 777. The molecule has 2 aromatic rings. The molecule has 2 aliphatic heterocycles. The van der Waals surface area contributed by atoms with E-state index in [1.807, 2.05) is 18.2 Å². The van der Waals surface area contributed by atoms with Crippen molar-refractivity contribution in [3.63, 3.8) is 0 Å². The minimum Gasteiger partial charge on any atom is -0.497 e. The van der Waals surface area contributed by atoms with Crippen molar-refractivity contribution < 1.29 is 9.53 Å². The summed E-state index contributed by atoms with van der Waals surface area (Å²) in [6, 6.07) is 8.04. The first-order valence-electron chi connectivity index (χ1n) is 9.83. The first-order valence-corrected chi connectivity index (χ1v) is 10.7. The van der Waals surface area contributed by atoms with Crippen LogP contribution in [0.15, 0.2) is 29.6 Å². The number of likely N-dealkylation sites (tertiary alicyclic amines) is 2. The summed E-state index contributed by atoms with van der Waals surface area (Å²) in [6.45, 7) is 4.76. The average Bonchev–Trinajstić information content (AvgIpc) is 3.40. The Morgan fingerprint density at radius 2 is 2.00 bits per heavy atom. The van der Waals surface area contributed by atoms with E-state index in [0.29, 0.717) is 5.91 Å². The second-order valence-corrected chi connectivity index (χ2v) is 8.32. The van der Waals surface area contributed by atoms with Gasteiger partial charge in [-0.2, -0.15) is 0 Å². The van der Waals surface area contributed by atoms with Gasteiger partial charge in [-0.1, -0.05) is 12.1 Å². The van der Waals surface area contributed by atoms with Crippen molar-refractivity contribution in [1.29, 1.82) is 0 Å². The van der Waals surface area contributed by atoms with Crippen molar-refractivity contribution in [2.75, 3.05) is 33.3 Å². The highest BCUT2D eigenvalue weighted by Gasteiger charge is 2.29. The van der Waals surface area contributed by atoms with Crippen LogP contribution < -0.4 is 4.74 Å². The first-order chi connectivity index (χ1) is 13.2. The maximum atomic E-state index is 12.6. The summed E-state index contributed by atoms with van der Waals surface area (Å²) in [6.07, 6.45) is 4.29. The number of thiazole rings is 1. The second kappa shape index (κ2) is 8.40. The zero-order chi connectivity index (χ0) is 18.6. The van der Waals surface area contributed by atoms with Crippen molar-refractivity contribution in [2.24, 2.45) is 5.92 Å². The zero-order valence-electron chi connectivity index (χ0n) is 15.9. The number of amides is 1. The van der Waals surface area contributed by atoms with Crippen molar-refractivity contribution >= 4 is 17.2 Å². The summed E-state index contributed by atoms with van der Waals surface area (Å²) in [7, 11) is 1.69. The zero-order valence-corrected chi connectivity index (χ0v) is 16.7. The number of piperidine rings is 1. The van der Waals surface area contributed by atoms with Gasteiger partial charge in [0.15, 0.2) is 0 Å². The molecule has 0 radical (unpaired) electrons. The molecular formula is C21H27N3O2S. The number of methoxy groups -OCH3 is 1. The summed E-state index contributed by atoms with van der Waals surface area (Å²) in [5.41, 5.74) is 2.21. The van der Waals surface area contributed by atoms with Crippen LogP contribution in [0.25, 0.3) is 10.6 Å². The first kappa shape index (κ1) is 18.4. The van der Waals surface area contributed by atoms with Crippen molar-refractivity contribution in [1.82, 2.24) is 14.8 Å². The van der Waals surface area contributed by atoms with E-state index in [9.17, 15) is 4.79 Å². The van der Waals surface area contributed by atoms with Gasteiger partial charge in [-0.25, -0.2) is 4.98 Å². The van der Waals surface area contributed by atoms with E-state index in [4.69, 9.17) is 9.72 Å². The fourth-order valence-corrected chi connectivity index (χ4v) is 4.84. The molecule has 4 rings (SSSR count). The maximum absolute atomic E-state index is 12.6. The van der Waals surface area contributed by atoms with Crippen LogP contribution in [0, 0.1) is 5.92 Å². The molecule has 144 valence electrons. The van der Waals surface area contributed by atoms with E-state index in [-0.39, 0.29) is 5.92 Å². The Morgan fingerprint density at radius 3 is 2.74 bits per heavy atom. The highest BCUT2D eigenvalue weighted by molar-refractivity contribution is 7.13. The molecule has 5 nitrogen and oxygen atoms in total. The molecule has 1 aromatic heterocycles. The monoisotopic (exact) mass is 385 g/mol. The molecule has 0 N–H and O–H groups in total. The molecule has 27 heavy (non-hydrogen) atoms. The fourth-order valence-electron chi connectivity index (χ4n) is 4.03. The second-order valence-electron chi connectivity index (χ2n) is 7.46. The van der Waals surface area contributed by atoms with Crippen LogP contribution in [-0.4, -0.2) is 54.0 Å². The molecule has 1 amide bonds. The quantitative estimate of drug-likeness (QED) is 0.788. The SMILES string of the molecule is COc1cccc(-c2nc(CN3CCC(C(=O)N4CCCC4)CC3)cs2)c1. The molecule has 1 aromatic carbocycles. The number of aromatic nitrogens is 1. The van der Waals surface area contributed by atoms with Crippen LogP contribution in [0.3, 0.4) is 0 Å². The molecule has 0 bridgehead atoms. The van der Waals surface area contributed by atoms with Gasteiger partial charge in [0.25, 0.3) is 0 Å². The van der Waals surface area contributed by atoms with Crippen LogP contribution in [0.2, 0.25) is 0 Å². The third kappa shape index (κ3) is 4.33. The standard InChI is InChI=1S/C21H27N3O2S/c1-26-19-6-4-5-17(13-19)20-22-18(15-27-20)14-23-11-7-16(8-12-23)21(25)24-9-2-3-10-24/h4-6,13,15-16H,2-3,7-12,14H2,1H3. The Morgan fingerprint density at radius 1 is 1.22 bits per heavy atom. The highest BCUT2D eigenvalue weighted by atomic mass is 32.1. The summed E-state index contributed by atoms with van der Waals surface area (Å²) >= 11 is 1.68. The van der Waals surface area contributed by atoms with Gasteiger partial charge in [-0.3, -0.25) is 9.69 Å². The maximum Gasteiger partial charge on any atom is 0.225 e. The van der Waals surface area contributed by atoms with E-state index >= 15 is 0 Å². The number of benzene rings is 1. The summed E-state index contributed by atoms with van der Waals surface area (Å²) in [4.78, 5) is 21.9. The van der Waals surface area contributed by atoms with Crippen LogP contribution >= 0.6 is 11.3 Å². The van der Waals surface area contributed by atoms with Gasteiger partial charge in [0, 0.05) is 36.5 Å². The predicted octanol–water partition coefficient (Wildman–Crippen LogP) is 3.65. The lowest BCUT2D eigenvalue weighted by Gasteiger charge is -2.32. The summed E-state index contributed by atoms with van der Waals surface area (Å²) < 4.78 is 5.31. The molecule has 2 aliphatic rings. The number of hydrogen-bond acceptors (Lipinski definition) is 5. The number of carbonyl (C=O) groups is 1. The van der Waals surface area contributed by atoms with Crippen molar-refractivity contribution in [2.45, 2.75) is 32.2 Å². The van der Waals surface area contributed by atoms with Gasteiger partial charge in [0.1, 0.15) is 10.8 Å². The molecular weight excluding hydrogens is 358 g/mol. The minimum atomic E-state index is 0.224. The summed E-state index contributed by atoms with van der Waals surface area (Å²) in [5, 5.41) is 3.18. The van der Waals surface area contributed by atoms with Crippen LogP contribution in [0.5, 0.6) is 5.75 Å². The Hall–Kier alpha value is -1.92. The Labute approximate surface area is 165 Å². The van der Waals surface area contributed by atoms with Crippen molar-refractivity contribution in [3.05, 3.63) is 35.3 Å². The van der Waals surface area contributed by atoms with E-state index in [2.05, 4.69) is 21.2 Å². The molecule has 2 saturated heterocycles. The van der Waals surface area contributed by atoms with E-state index in [1.54, 1.807) is 18.4 Å². The number of hydrogen-bond donors (Lipinski definition) is 0. The Kier molecular flexibility index (Phi) is 5.74. The predicted molar refractivity (Wildman–Crippen MR) is 108 cm³/mol. The fraction of sp³-hybridized carbons (Fsp3) is 0.524. The molecule has 0 aliphatic carbocycles. The van der Waals surface area contributed by atoms with Gasteiger partial charge in [-0.15, -0.1) is 11.3 Å². The lowest BCUT2D eigenvalue weighted by atomic mass is 9.95. The van der Waals surface area contributed by atoms with E-state index in [0.717, 1.165) is 67.6 Å². The molecule has 0 unspecified atom stereocenters. The molecule has 0 spiro atoms. The largest absolute Gasteiger partial charge is 0.497 e. The number of nitrogens with zero attached hydrogens (tertiary/aromatic N) is 3. The number of carbonyl (C=O) groups excluding carboxylic acids is 1. The topological polar surface area (TPSA) is 45.7 Å². The smallest absolute Gasteiger partial charge is 0.225 e. The minimum absolute atomic E-state index is 0.224. The molecule has 0 saturated carbocycles. The van der Waals surface area contributed by atoms with E-state index in [1.165, 1.54) is 12.8 Å². The van der Waals surface area contributed by atoms with Crippen LogP contribution in [0.4, 0.5) is 0 Å². The van der Waals surface area contributed by atoms with Gasteiger partial charge in [-0.05, 0) is 50.9 Å². The Balaban J connectivity index is 1.32. The van der Waals surface area contributed by atoms with Crippen molar-refractivity contribution in [3.8, 4) is 16.3 Å². The lowest BCUT2D eigenvalue weighted by molar-refractivity contribution is -0.136. The molecule has 6 heteroatoms. The van der Waals surface area contributed by atoms with Crippen LogP contribution in [-0.2, 0) is 11.3 Å². The third-order valence-corrected chi connectivity index (χ3v) is 6.55. The number of rotatable bonds is 5. The van der Waals surface area contributed by atoms with E-state index < -0.39 is 0 Å².